The van der Waals surface area contributed by atoms with Crippen LogP contribution in [-0.2, 0) is 13.6 Å². The van der Waals surface area contributed by atoms with Gasteiger partial charge in [0, 0.05) is 12.9 Å². The topological polar surface area (TPSA) is 35.5 Å². The smallest absolute Gasteiger partial charge is 0.309 e. The third-order valence-electron chi connectivity index (χ3n) is 2.01. The Kier molecular flexibility index (Phi) is 6.14. The summed E-state index contributed by atoms with van der Waals surface area (Å²) in [5.74, 6) is 1.86. The zero-order chi connectivity index (χ0) is 11.9. The average Bonchev–Trinajstić information content (AvgIpc) is 2.35. The lowest BCUT2D eigenvalue weighted by atomic mass is 10.4. The second-order valence-corrected chi connectivity index (χ2v) is 6.57. The SMILES string of the molecule is CCSCCOP(=O)(OC)c1ccccc1. The summed E-state index contributed by atoms with van der Waals surface area (Å²) in [5.41, 5.74) is 0. The molecule has 1 rings (SSSR count). The number of hydrogen-bond acceptors (Lipinski definition) is 4. The van der Waals surface area contributed by atoms with E-state index in [9.17, 15) is 4.57 Å². The van der Waals surface area contributed by atoms with Crippen LogP contribution >= 0.6 is 19.4 Å². The molecule has 0 fully saturated rings. The van der Waals surface area contributed by atoms with E-state index in [0.29, 0.717) is 11.9 Å². The van der Waals surface area contributed by atoms with Crippen LogP contribution in [0.3, 0.4) is 0 Å². The van der Waals surface area contributed by atoms with Crippen molar-refractivity contribution in [2.75, 3.05) is 25.2 Å². The molecule has 0 aliphatic heterocycles. The van der Waals surface area contributed by atoms with Gasteiger partial charge in [0.05, 0.1) is 11.9 Å². The molecular formula is C11H17O3PS. The van der Waals surface area contributed by atoms with Crippen LogP contribution < -0.4 is 5.30 Å². The van der Waals surface area contributed by atoms with Crippen molar-refractivity contribution in [1.82, 2.24) is 0 Å². The van der Waals surface area contributed by atoms with Crippen LogP contribution in [0.5, 0.6) is 0 Å². The quantitative estimate of drug-likeness (QED) is 0.558. The molecule has 1 unspecified atom stereocenters. The lowest BCUT2D eigenvalue weighted by Crippen LogP contribution is -2.10. The second-order valence-electron chi connectivity index (χ2n) is 3.05. The summed E-state index contributed by atoms with van der Waals surface area (Å²) in [7, 11) is -1.69. The maximum atomic E-state index is 12.3. The van der Waals surface area contributed by atoms with Crippen LogP contribution in [0.1, 0.15) is 6.92 Å². The number of benzene rings is 1. The number of rotatable bonds is 7. The second kappa shape index (κ2) is 7.13. The van der Waals surface area contributed by atoms with Gasteiger partial charge in [-0.05, 0) is 17.9 Å². The molecule has 0 aromatic heterocycles. The largest absolute Gasteiger partial charge is 0.361 e. The van der Waals surface area contributed by atoms with Gasteiger partial charge in [0.25, 0.3) is 0 Å². The van der Waals surface area contributed by atoms with E-state index in [-0.39, 0.29) is 0 Å². The molecular weight excluding hydrogens is 243 g/mol. The summed E-state index contributed by atoms with van der Waals surface area (Å²) in [5, 5.41) is 0.610. The molecule has 16 heavy (non-hydrogen) atoms. The molecule has 1 aromatic rings. The molecule has 0 bridgehead atoms. The van der Waals surface area contributed by atoms with Crippen molar-refractivity contribution in [2.24, 2.45) is 0 Å². The summed E-state index contributed by atoms with van der Waals surface area (Å²) in [4.78, 5) is 0. The van der Waals surface area contributed by atoms with Gasteiger partial charge in [0.1, 0.15) is 0 Å². The van der Waals surface area contributed by atoms with Crippen LogP contribution in [0.15, 0.2) is 30.3 Å². The fourth-order valence-electron chi connectivity index (χ4n) is 1.20. The fourth-order valence-corrected chi connectivity index (χ4v) is 3.15. The molecule has 5 heteroatoms. The van der Waals surface area contributed by atoms with Crippen molar-refractivity contribution in [2.45, 2.75) is 6.92 Å². The van der Waals surface area contributed by atoms with E-state index in [4.69, 9.17) is 9.05 Å². The van der Waals surface area contributed by atoms with Crippen LogP contribution in [0.2, 0.25) is 0 Å². The monoisotopic (exact) mass is 260 g/mol. The van der Waals surface area contributed by atoms with Gasteiger partial charge in [-0.1, -0.05) is 25.1 Å². The van der Waals surface area contributed by atoms with Crippen LogP contribution in [0, 0.1) is 0 Å². The van der Waals surface area contributed by atoms with Crippen molar-refractivity contribution >= 4 is 24.7 Å². The van der Waals surface area contributed by atoms with E-state index in [2.05, 4.69) is 6.92 Å². The van der Waals surface area contributed by atoms with Gasteiger partial charge in [0.15, 0.2) is 0 Å². The number of thioether (sulfide) groups is 1. The first kappa shape index (κ1) is 13.8. The third kappa shape index (κ3) is 3.95. The van der Waals surface area contributed by atoms with Gasteiger partial charge >= 0.3 is 7.60 Å². The molecule has 1 atom stereocenters. The summed E-state index contributed by atoms with van der Waals surface area (Å²) < 4.78 is 22.7. The molecule has 0 heterocycles. The first-order valence-electron chi connectivity index (χ1n) is 5.16. The molecule has 0 N–H and O–H groups in total. The standard InChI is InChI=1S/C11H17O3PS/c1-3-16-10-9-14-15(12,13-2)11-7-5-4-6-8-11/h4-8H,3,9-10H2,1-2H3. The van der Waals surface area contributed by atoms with Gasteiger partial charge < -0.3 is 9.05 Å². The Labute approximate surface area is 101 Å². The van der Waals surface area contributed by atoms with E-state index in [0.717, 1.165) is 11.5 Å². The molecule has 0 spiro atoms. The normalized spacial score (nSPS) is 14.6. The van der Waals surface area contributed by atoms with Crippen LogP contribution in [0.4, 0.5) is 0 Å². The van der Waals surface area contributed by atoms with E-state index >= 15 is 0 Å². The molecule has 3 nitrogen and oxygen atoms in total. The van der Waals surface area contributed by atoms with Gasteiger partial charge in [-0.15, -0.1) is 0 Å². The molecule has 0 aliphatic rings. The van der Waals surface area contributed by atoms with Crippen molar-refractivity contribution in [3.05, 3.63) is 30.3 Å². The van der Waals surface area contributed by atoms with E-state index in [1.54, 1.807) is 23.9 Å². The highest BCUT2D eigenvalue weighted by molar-refractivity contribution is 7.99. The molecule has 1 aromatic carbocycles. The summed E-state index contributed by atoms with van der Waals surface area (Å²) in [6.07, 6.45) is 0. The lowest BCUT2D eigenvalue weighted by Gasteiger charge is -2.16. The van der Waals surface area contributed by atoms with E-state index in [1.165, 1.54) is 7.11 Å². The maximum absolute atomic E-state index is 12.3. The van der Waals surface area contributed by atoms with Gasteiger partial charge in [-0.2, -0.15) is 11.8 Å². The fraction of sp³-hybridized carbons (Fsp3) is 0.455. The van der Waals surface area contributed by atoms with Crippen LogP contribution in [-0.4, -0.2) is 25.2 Å². The van der Waals surface area contributed by atoms with E-state index in [1.807, 2.05) is 18.2 Å². The lowest BCUT2D eigenvalue weighted by molar-refractivity contribution is 0.256. The highest BCUT2D eigenvalue weighted by atomic mass is 32.2. The van der Waals surface area contributed by atoms with E-state index < -0.39 is 7.60 Å². The van der Waals surface area contributed by atoms with Crippen molar-refractivity contribution in [1.29, 1.82) is 0 Å². The summed E-state index contributed by atoms with van der Waals surface area (Å²) in [6.45, 7) is 2.52. The summed E-state index contributed by atoms with van der Waals surface area (Å²) >= 11 is 1.75. The van der Waals surface area contributed by atoms with Gasteiger partial charge in [-0.25, -0.2) is 0 Å². The molecule has 90 valence electrons. The highest BCUT2D eigenvalue weighted by Crippen LogP contribution is 2.45. The Morgan fingerprint density at radius 1 is 1.31 bits per heavy atom. The molecule has 0 saturated heterocycles. The zero-order valence-corrected chi connectivity index (χ0v) is 11.3. The van der Waals surface area contributed by atoms with Crippen LogP contribution in [0.25, 0.3) is 0 Å². The van der Waals surface area contributed by atoms with Crippen molar-refractivity contribution in [3.8, 4) is 0 Å². The molecule has 0 amide bonds. The highest BCUT2D eigenvalue weighted by Gasteiger charge is 2.25. The van der Waals surface area contributed by atoms with Gasteiger partial charge in [-0.3, -0.25) is 4.57 Å². The summed E-state index contributed by atoms with van der Waals surface area (Å²) in [6, 6.07) is 9.04. The Hall–Kier alpha value is -0.280. The van der Waals surface area contributed by atoms with Crippen molar-refractivity contribution < 1.29 is 13.6 Å². The minimum atomic E-state index is -3.11. The predicted octanol–water partition coefficient (Wildman–Crippen LogP) is 2.92. The predicted molar refractivity (Wildman–Crippen MR) is 69.6 cm³/mol. The van der Waals surface area contributed by atoms with Gasteiger partial charge in [0.2, 0.25) is 0 Å². The maximum Gasteiger partial charge on any atom is 0.361 e. The zero-order valence-electron chi connectivity index (χ0n) is 9.59. The third-order valence-corrected chi connectivity index (χ3v) is 4.80. The molecule has 0 aliphatic carbocycles. The molecule has 0 radical (unpaired) electrons. The number of hydrogen-bond donors (Lipinski definition) is 0. The Balaban J connectivity index is 2.60. The Morgan fingerprint density at radius 3 is 2.56 bits per heavy atom. The first-order valence-corrected chi connectivity index (χ1v) is 7.86. The first-order chi connectivity index (χ1) is 7.73. The molecule has 0 saturated carbocycles. The minimum Gasteiger partial charge on any atom is -0.309 e. The average molecular weight is 260 g/mol. The minimum absolute atomic E-state index is 0.443. The Morgan fingerprint density at radius 2 is 2.00 bits per heavy atom. The van der Waals surface area contributed by atoms with Crippen molar-refractivity contribution in [3.63, 3.8) is 0 Å². The Bertz CT molecular complexity index is 342.